The molecule has 0 aliphatic rings. The Morgan fingerprint density at radius 2 is 1.72 bits per heavy atom. The summed E-state index contributed by atoms with van der Waals surface area (Å²) in [5, 5.41) is 7.03. The van der Waals surface area contributed by atoms with E-state index in [0.29, 0.717) is 22.0 Å². The number of ether oxygens (including phenoxy) is 1. The Labute approximate surface area is 192 Å². The van der Waals surface area contributed by atoms with E-state index in [1.54, 1.807) is 24.3 Å². The molecule has 172 valence electrons. The van der Waals surface area contributed by atoms with E-state index in [0.717, 1.165) is 10.6 Å². The second-order valence-corrected chi connectivity index (χ2v) is 9.46. The number of hydrogen-bond donors (Lipinski definition) is 2. The number of sulfonamides is 1. The van der Waals surface area contributed by atoms with E-state index < -0.39 is 22.5 Å². The van der Waals surface area contributed by atoms with Crippen LogP contribution in [0.2, 0.25) is 5.02 Å². The van der Waals surface area contributed by atoms with Gasteiger partial charge in [-0.05, 0) is 67.9 Å². The fraction of sp³-hybridized carbons (Fsp3) is 0.286. The molecular weight excluding hydrogens is 456 g/mol. The maximum atomic E-state index is 12.2. The van der Waals surface area contributed by atoms with Gasteiger partial charge in [-0.1, -0.05) is 11.6 Å². The lowest BCUT2D eigenvalue weighted by atomic mass is 10.2. The molecule has 0 aliphatic carbocycles. The summed E-state index contributed by atoms with van der Waals surface area (Å²) in [5.41, 5.74) is 3.28. The smallest absolute Gasteiger partial charge is 0.260 e. The number of nitrogens with zero attached hydrogens (tertiary/aromatic N) is 2. The largest absolute Gasteiger partial charge is 0.484 e. The molecule has 2 N–H and O–H groups in total. The molecule has 0 aliphatic heterocycles. The van der Waals surface area contributed by atoms with Crippen molar-refractivity contribution in [2.24, 2.45) is 5.10 Å². The molecule has 2 rings (SSSR count). The first-order valence-corrected chi connectivity index (χ1v) is 11.8. The first kappa shape index (κ1) is 25.2. The van der Waals surface area contributed by atoms with Crippen LogP contribution in [0.3, 0.4) is 0 Å². The van der Waals surface area contributed by atoms with Gasteiger partial charge < -0.3 is 10.1 Å². The molecular formula is C21H25ClN4O5S. The van der Waals surface area contributed by atoms with Gasteiger partial charge in [0, 0.05) is 11.1 Å². The third-order valence-corrected chi connectivity index (χ3v) is 5.30. The van der Waals surface area contributed by atoms with Crippen molar-refractivity contribution in [2.75, 3.05) is 23.7 Å². The van der Waals surface area contributed by atoms with Crippen LogP contribution in [0.25, 0.3) is 0 Å². The zero-order valence-electron chi connectivity index (χ0n) is 17.9. The average molecular weight is 481 g/mol. The summed E-state index contributed by atoms with van der Waals surface area (Å²) in [4.78, 5) is 23.8. The minimum Gasteiger partial charge on any atom is -0.484 e. The minimum atomic E-state index is -3.69. The van der Waals surface area contributed by atoms with E-state index in [9.17, 15) is 18.0 Å². The Bertz CT molecular complexity index is 1050. The zero-order chi connectivity index (χ0) is 23.7. The predicted molar refractivity (Wildman–Crippen MR) is 125 cm³/mol. The first-order valence-electron chi connectivity index (χ1n) is 9.62. The van der Waals surface area contributed by atoms with Crippen LogP contribution in [0, 0.1) is 0 Å². The van der Waals surface area contributed by atoms with Crippen LogP contribution in [0.4, 0.5) is 5.69 Å². The van der Waals surface area contributed by atoms with Crippen LogP contribution in [0.5, 0.6) is 5.75 Å². The molecule has 2 aromatic rings. The van der Waals surface area contributed by atoms with Gasteiger partial charge in [0.25, 0.3) is 11.8 Å². The van der Waals surface area contributed by atoms with Crippen molar-refractivity contribution in [3.63, 3.8) is 0 Å². The fourth-order valence-electron chi connectivity index (χ4n) is 2.51. The highest BCUT2D eigenvalue weighted by molar-refractivity contribution is 7.92. The van der Waals surface area contributed by atoms with Gasteiger partial charge >= 0.3 is 0 Å². The normalized spacial score (nSPS) is 11.4. The van der Waals surface area contributed by atoms with Gasteiger partial charge in [-0.3, -0.25) is 13.9 Å². The maximum Gasteiger partial charge on any atom is 0.260 e. The summed E-state index contributed by atoms with van der Waals surface area (Å²) < 4.78 is 30.5. The summed E-state index contributed by atoms with van der Waals surface area (Å²) in [5.74, 6) is -0.315. The number of anilines is 1. The molecule has 0 spiro atoms. The first-order chi connectivity index (χ1) is 15.0. The van der Waals surface area contributed by atoms with E-state index in [1.807, 2.05) is 13.8 Å². The number of halogens is 1. The van der Waals surface area contributed by atoms with Crippen molar-refractivity contribution >= 4 is 45.3 Å². The molecule has 9 nitrogen and oxygen atoms in total. The molecule has 32 heavy (non-hydrogen) atoms. The Kier molecular flexibility index (Phi) is 9.03. The number of carbonyl (C=O) groups is 2. The predicted octanol–water partition coefficient (Wildman–Crippen LogP) is 2.16. The van der Waals surface area contributed by atoms with Crippen molar-refractivity contribution in [3.05, 3.63) is 59.1 Å². The van der Waals surface area contributed by atoms with E-state index in [4.69, 9.17) is 16.3 Å². The summed E-state index contributed by atoms with van der Waals surface area (Å²) >= 11 is 5.83. The summed E-state index contributed by atoms with van der Waals surface area (Å²) in [6.45, 7) is 3.19. The number of nitrogens with one attached hydrogen (secondary N) is 2. The number of hydrazone groups is 1. The van der Waals surface area contributed by atoms with E-state index in [2.05, 4.69) is 15.8 Å². The van der Waals surface area contributed by atoms with Crippen molar-refractivity contribution in [2.45, 2.75) is 19.9 Å². The molecule has 2 amide bonds. The Hall–Kier alpha value is -3.11. The fourth-order valence-corrected chi connectivity index (χ4v) is 3.50. The van der Waals surface area contributed by atoms with Gasteiger partial charge in [0.05, 0.1) is 18.2 Å². The number of hydrogen-bond acceptors (Lipinski definition) is 6. The van der Waals surface area contributed by atoms with E-state index in [-0.39, 0.29) is 18.6 Å². The van der Waals surface area contributed by atoms with Gasteiger partial charge in [0.2, 0.25) is 10.0 Å². The Morgan fingerprint density at radius 3 is 2.28 bits per heavy atom. The number of benzene rings is 2. The third-order valence-electron chi connectivity index (χ3n) is 3.90. The van der Waals surface area contributed by atoms with Crippen LogP contribution in [-0.2, 0) is 19.6 Å². The van der Waals surface area contributed by atoms with Crippen LogP contribution < -0.4 is 19.8 Å². The number of amides is 2. The Morgan fingerprint density at radius 1 is 1.09 bits per heavy atom. The molecule has 0 fully saturated rings. The summed E-state index contributed by atoms with van der Waals surface area (Å²) in [6, 6.07) is 12.9. The molecule has 0 saturated carbocycles. The van der Waals surface area contributed by atoms with Crippen molar-refractivity contribution in [1.82, 2.24) is 10.7 Å². The second-order valence-electron chi connectivity index (χ2n) is 7.12. The molecule has 0 saturated heterocycles. The average Bonchev–Trinajstić information content (AvgIpc) is 2.71. The van der Waals surface area contributed by atoms with Crippen molar-refractivity contribution < 1.29 is 22.7 Å². The molecule has 11 heteroatoms. The summed E-state index contributed by atoms with van der Waals surface area (Å²) in [7, 11) is -3.69. The zero-order valence-corrected chi connectivity index (χ0v) is 19.5. The molecule has 0 atom stereocenters. The quantitative estimate of drug-likeness (QED) is 0.399. The topological polar surface area (TPSA) is 117 Å². The van der Waals surface area contributed by atoms with Crippen LogP contribution in [0.15, 0.2) is 53.6 Å². The van der Waals surface area contributed by atoms with E-state index >= 15 is 0 Å². The van der Waals surface area contributed by atoms with Crippen molar-refractivity contribution in [3.8, 4) is 5.75 Å². The standard InChI is InChI=1S/C21H25ClN4O5S/c1-15(2)24-21(28)14-31-19-10-4-16(5-11-19)12-23-25-20(27)13-26(32(3,29)30)18-8-6-17(22)7-9-18/h4-12,15H,13-14H2,1-3H3,(H,24,28)(H,25,27)/b23-12-. The molecule has 0 radical (unpaired) electrons. The van der Waals surface area contributed by atoms with Gasteiger partial charge in [0.15, 0.2) is 6.61 Å². The van der Waals surface area contributed by atoms with Crippen molar-refractivity contribution in [1.29, 1.82) is 0 Å². The third kappa shape index (κ3) is 8.56. The van der Waals surface area contributed by atoms with E-state index in [1.165, 1.54) is 30.5 Å². The van der Waals surface area contributed by atoms with Crippen LogP contribution in [-0.4, -0.2) is 51.9 Å². The number of rotatable bonds is 10. The highest BCUT2D eigenvalue weighted by Gasteiger charge is 2.20. The van der Waals surface area contributed by atoms with Gasteiger partial charge in [0.1, 0.15) is 12.3 Å². The Balaban J connectivity index is 1.90. The molecule has 0 unspecified atom stereocenters. The maximum absolute atomic E-state index is 12.2. The van der Waals surface area contributed by atoms with Gasteiger partial charge in [-0.25, -0.2) is 13.8 Å². The van der Waals surface area contributed by atoms with Gasteiger partial charge in [-0.2, -0.15) is 5.10 Å². The highest BCUT2D eigenvalue weighted by Crippen LogP contribution is 2.20. The number of carbonyl (C=O) groups excluding carboxylic acids is 2. The molecule has 0 heterocycles. The SMILES string of the molecule is CC(C)NC(=O)COc1ccc(/C=N\NC(=O)CN(c2ccc(Cl)cc2)S(C)(=O)=O)cc1. The van der Waals surface area contributed by atoms with Crippen LogP contribution >= 0.6 is 11.6 Å². The lowest BCUT2D eigenvalue weighted by Gasteiger charge is -2.21. The second kappa shape index (κ2) is 11.5. The molecule has 2 aromatic carbocycles. The highest BCUT2D eigenvalue weighted by atomic mass is 35.5. The molecule has 0 aromatic heterocycles. The lowest BCUT2D eigenvalue weighted by molar-refractivity contribution is -0.123. The lowest BCUT2D eigenvalue weighted by Crippen LogP contribution is -2.38. The summed E-state index contributed by atoms with van der Waals surface area (Å²) in [6.07, 6.45) is 2.41. The molecule has 0 bridgehead atoms. The van der Waals surface area contributed by atoms with Crippen LogP contribution in [0.1, 0.15) is 19.4 Å². The van der Waals surface area contributed by atoms with Gasteiger partial charge in [-0.15, -0.1) is 0 Å². The minimum absolute atomic E-state index is 0.0376. The monoisotopic (exact) mass is 480 g/mol.